The Labute approximate surface area is 125 Å². The second kappa shape index (κ2) is 6.43. The Morgan fingerprint density at radius 1 is 1.30 bits per heavy atom. The summed E-state index contributed by atoms with van der Waals surface area (Å²) in [6, 6.07) is 1.71. The summed E-state index contributed by atoms with van der Waals surface area (Å²) in [7, 11) is 0.508. The van der Waals surface area contributed by atoms with E-state index in [4.69, 9.17) is 5.73 Å². The summed E-state index contributed by atoms with van der Waals surface area (Å²) in [5, 5.41) is 1.69. The van der Waals surface area contributed by atoms with Gasteiger partial charge in [-0.25, -0.2) is 8.42 Å². The van der Waals surface area contributed by atoms with Crippen LogP contribution in [0.25, 0.3) is 0 Å². The van der Waals surface area contributed by atoms with Crippen molar-refractivity contribution < 1.29 is 8.42 Å². The lowest BCUT2D eigenvalue weighted by Crippen LogP contribution is -2.42. The fraction of sp³-hybridized carbons (Fsp3) is 0.692. The van der Waals surface area contributed by atoms with Crippen molar-refractivity contribution >= 4 is 27.0 Å². The molecule has 5 nitrogen and oxygen atoms in total. The first-order valence-electron chi connectivity index (χ1n) is 6.92. The van der Waals surface area contributed by atoms with Gasteiger partial charge in [-0.05, 0) is 33.0 Å². The minimum atomic E-state index is -3.41. The standard InChI is InChI=1S/C13H23N3O2S2/c1-15(2)7-8-16(12-5-3-4-6-12)20(17,18)13-9-11(14)10-19-13/h9-10,12H,3-8,14H2,1-2H3. The first-order valence-corrected chi connectivity index (χ1v) is 9.24. The van der Waals surface area contributed by atoms with E-state index in [9.17, 15) is 8.42 Å². The fourth-order valence-electron chi connectivity index (χ4n) is 2.57. The summed E-state index contributed by atoms with van der Waals surface area (Å²) in [6.07, 6.45) is 4.16. The van der Waals surface area contributed by atoms with Crippen molar-refractivity contribution in [3.8, 4) is 0 Å². The van der Waals surface area contributed by atoms with E-state index in [-0.39, 0.29) is 6.04 Å². The van der Waals surface area contributed by atoms with Gasteiger partial charge in [-0.3, -0.25) is 0 Å². The topological polar surface area (TPSA) is 66.6 Å². The van der Waals surface area contributed by atoms with Crippen LogP contribution in [-0.2, 0) is 10.0 Å². The molecule has 1 aliphatic carbocycles. The van der Waals surface area contributed by atoms with Gasteiger partial charge in [0, 0.05) is 30.2 Å². The molecule has 0 unspecified atom stereocenters. The van der Waals surface area contributed by atoms with Crippen molar-refractivity contribution in [1.29, 1.82) is 0 Å². The largest absolute Gasteiger partial charge is 0.398 e. The summed E-state index contributed by atoms with van der Waals surface area (Å²) >= 11 is 1.21. The number of hydrogen-bond acceptors (Lipinski definition) is 5. The van der Waals surface area contributed by atoms with Crippen LogP contribution >= 0.6 is 11.3 Å². The Morgan fingerprint density at radius 3 is 2.45 bits per heavy atom. The van der Waals surface area contributed by atoms with Crippen LogP contribution in [0.5, 0.6) is 0 Å². The lowest BCUT2D eigenvalue weighted by atomic mass is 10.2. The predicted octanol–water partition coefficient (Wildman–Crippen LogP) is 1.83. The van der Waals surface area contributed by atoms with E-state index in [0.29, 0.717) is 16.4 Å². The third kappa shape index (κ3) is 3.52. The first kappa shape index (κ1) is 15.8. The average molecular weight is 317 g/mol. The number of thiophene rings is 1. The number of nitrogens with two attached hydrogens (primary N) is 1. The summed E-state index contributed by atoms with van der Waals surface area (Å²) < 4.78 is 27.7. The Morgan fingerprint density at radius 2 is 1.95 bits per heavy atom. The zero-order valence-electron chi connectivity index (χ0n) is 12.1. The molecule has 0 radical (unpaired) electrons. The highest BCUT2D eigenvalue weighted by Gasteiger charge is 2.33. The molecule has 114 valence electrons. The molecule has 1 saturated carbocycles. The smallest absolute Gasteiger partial charge is 0.252 e. The maximum absolute atomic E-state index is 12.8. The Hall–Kier alpha value is -0.630. The molecule has 1 fully saturated rings. The van der Waals surface area contributed by atoms with E-state index in [1.165, 1.54) is 11.3 Å². The highest BCUT2D eigenvalue weighted by molar-refractivity contribution is 7.91. The van der Waals surface area contributed by atoms with Gasteiger partial charge >= 0.3 is 0 Å². The molecule has 1 aromatic rings. The average Bonchev–Trinajstić information content (AvgIpc) is 3.00. The van der Waals surface area contributed by atoms with Crippen LogP contribution in [0.4, 0.5) is 5.69 Å². The number of nitrogen functional groups attached to an aromatic ring is 1. The molecule has 7 heteroatoms. The molecular weight excluding hydrogens is 294 g/mol. The van der Waals surface area contributed by atoms with E-state index in [1.807, 2.05) is 19.0 Å². The Bertz CT molecular complexity index is 534. The van der Waals surface area contributed by atoms with Crippen molar-refractivity contribution in [2.24, 2.45) is 0 Å². The second-order valence-corrected chi connectivity index (χ2v) is 8.59. The lowest BCUT2D eigenvalue weighted by Gasteiger charge is -2.28. The molecule has 0 spiro atoms. The number of nitrogens with zero attached hydrogens (tertiary/aromatic N) is 2. The van der Waals surface area contributed by atoms with Crippen LogP contribution in [0.15, 0.2) is 15.7 Å². The molecule has 1 aliphatic rings. The minimum absolute atomic E-state index is 0.142. The predicted molar refractivity (Wildman–Crippen MR) is 83.4 cm³/mol. The third-order valence-electron chi connectivity index (χ3n) is 3.66. The van der Waals surface area contributed by atoms with Crippen LogP contribution in [0.2, 0.25) is 0 Å². The van der Waals surface area contributed by atoms with Crippen LogP contribution in [0.3, 0.4) is 0 Å². The lowest BCUT2D eigenvalue weighted by molar-refractivity contribution is 0.282. The molecular formula is C13H23N3O2S2. The van der Waals surface area contributed by atoms with Gasteiger partial charge < -0.3 is 10.6 Å². The van der Waals surface area contributed by atoms with Gasteiger partial charge in [0.1, 0.15) is 4.21 Å². The van der Waals surface area contributed by atoms with Gasteiger partial charge in [0.05, 0.1) is 0 Å². The highest BCUT2D eigenvalue weighted by atomic mass is 32.2. The molecule has 1 aromatic heterocycles. The van der Waals surface area contributed by atoms with Crippen LogP contribution in [0, 0.1) is 0 Å². The molecule has 0 saturated heterocycles. The number of sulfonamides is 1. The maximum Gasteiger partial charge on any atom is 0.252 e. The Kier molecular flexibility index (Phi) is 5.06. The minimum Gasteiger partial charge on any atom is -0.398 e. The van der Waals surface area contributed by atoms with Gasteiger partial charge in [0.15, 0.2) is 0 Å². The van der Waals surface area contributed by atoms with E-state index in [0.717, 1.165) is 32.2 Å². The maximum atomic E-state index is 12.8. The van der Waals surface area contributed by atoms with E-state index in [2.05, 4.69) is 0 Å². The van der Waals surface area contributed by atoms with Gasteiger partial charge in [0.2, 0.25) is 0 Å². The number of anilines is 1. The highest BCUT2D eigenvalue weighted by Crippen LogP contribution is 2.31. The van der Waals surface area contributed by atoms with Crippen LogP contribution < -0.4 is 5.73 Å². The summed E-state index contributed by atoms with van der Waals surface area (Å²) in [6.45, 7) is 1.27. The van der Waals surface area contributed by atoms with Gasteiger partial charge in [0.25, 0.3) is 10.0 Å². The van der Waals surface area contributed by atoms with Crippen molar-refractivity contribution in [3.05, 3.63) is 11.4 Å². The zero-order chi connectivity index (χ0) is 14.8. The summed E-state index contributed by atoms with van der Waals surface area (Å²) in [5.74, 6) is 0. The molecule has 0 atom stereocenters. The van der Waals surface area contributed by atoms with Crippen molar-refractivity contribution in [3.63, 3.8) is 0 Å². The molecule has 0 aromatic carbocycles. The normalized spacial score (nSPS) is 17.4. The third-order valence-corrected chi connectivity index (χ3v) is 7.04. The second-order valence-electron chi connectivity index (χ2n) is 5.56. The first-order chi connectivity index (χ1) is 9.41. The molecule has 1 heterocycles. The SMILES string of the molecule is CN(C)CCN(C1CCCC1)S(=O)(=O)c1cc(N)cs1. The van der Waals surface area contributed by atoms with Crippen LogP contribution in [-0.4, -0.2) is 50.8 Å². The number of rotatable bonds is 6. The number of hydrogen-bond donors (Lipinski definition) is 1. The molecule has 2 N–H and O–H groups in total. The molecule has 20 heavy (non-hydrogen) atoms. The van der Waals surface area contributed by atoms with Gasteiger partial charge in [-0.1, -0.05) is 12.8 Å². The van der Waals surface area contributed by atoms with Crippen molar-refractivity contribution in [1.82, 2.24) is 9.21 Å². The van der Waals surface area contributed by atoms with E-state index < -0.39 is 10.0 Å². The molecule has 0 bridgehead atoms. The van der Waals surface area contributed by atoms with Crippen molar-refractivity contribution in [2.45, 2.75) is 35.9 Å². The zero-order valence-corrected chi connectivity index (χ0v) is 13.7. The quantitative estimate of drug-likeness (QED) is 0.869. The fourth-order valence-corrected chi connectivity index (χ4v) is 5.45. The monoisotopic (exact) mass is 317 g/mol. The van der Waals surface area contributed by atoms with E-state index >= 15 is 0 Å². The van der Waals surface area contributed by atoms with Crippen LogP contribution in [0.1, 0.15) is 25.7 Å². The number of likely N-dealkylation sites (N-methyl/N-ethyl adjacent to an activating group) is 1. The molecule has 2 rings (SSSR count). The van der Waals surface area contributed by atoms with Gasteiger partial charge in [-0.15, -0.1) is 11.3 Å². The van der Waals surface area contributed by atoms with Gasteiger partial charge in [-0.2, -0.15) is 4.31 Å². The Balaban J connectivity index is 2.24. The van der Waals surface area contributed by atoms with Crippen molar-refractivity contribution in [2.75, 3.05) is 32.9 Å². The summed E-state index contributed by atoms with van der Waals surface area (Å²) in [4.78, 5) is 2.01. The van der Waals surface area contributed by atoms with E-state index in [1.54, 1.807) is 15.8 Å². The molecule has 0 amide bonds. The molecule has 0 aliphatic heterocycles. The summed E-state index contributed by atoms with van der Waals surface area (Å²) in [5.41, 5.74) is 6.19.